The lowest BCUT2D eigenvalue weighted by atomic mass is 9.59. The molecule has 3 aromatic heterocycles. The van der Waals surface area contributed by atoms with Crippen molar-refractivity contribution in [1.82, 2.24) is 9.38 Å². The Morgan fingerprint density at radius 2 is 1.16 bits per heavy atom. The minimum atomic E-state index is 1.18. The summed E-state index contributed by atoms with van der Waals surface area (Å²) in [7, 11) is 2.47. The smallest absolute Gasteiger partial charge is 0.197 e. The second-order valence-corrected chi connectivity index (χ2v) is 14.0. The predicted octanol–water partition coefficient (Wildman–Crippen LogP) is 10.9. The molecule has 0 saturated heterocycles. The van der Waals surface area contributed by atoms with Crippen LogP contribution in [0.4, 0.5) is 0 Å². The van der Waals surface area contributed by atoms with Gasteiger partial charge in [-0.15, -0.1) is 0 Å². The number of hydrogen-bond donors (Lipinski definition) is 1. The van der Waals surface area contributed by atoms with Crippen LogP contribution < -0.4 is 10.9 Å². The number of para-hydroxylation sites is 1. The standard InChI is InChI=1S/C47H28BN2/c1-26-21-35(33-17-10-18-34-42-32-16-9-8-15-29(32)19-20-40(42)49-44(33)34)43-47-41(26)38-24-30(27-11-4-2-5-12-27)22-36-37-23-31(28-13-6-3-7-14-28)25-39(48-43)46(37)50(47)45(36)38/h2-25,49H,1H3. The number of aromatic amines is 1. The summed E-state index contributed by atoms with van der Waals surface area (Å²) < 4.78 is 2.60. The van der Waals surface area contributed by atoms with E-state index in [4.69, 9.17) is 0 Å². The van der Waals surface area contributed by atoms with Crippen LogP contribution in [0.3, 0.4) is 0 Å². The monoisotopic (exact) mass is 631 g/mol. The number of aryl methyl sites for hydroxylation is 1. The minimum absolute atomic E-state index is 1.18. The van der Waals surface area contributed by atoms with Crippen molar-refractivity contribution in [2.75, 3.05) is 0 Å². The number of H-pyrrole nitrogens is 1. The van der Waals surface area contributed by atoms with E-state index in [9.17, 15) is 0 Å². The Labute approximate surface area is 288 Å². The van der Waals surface area contributed by atoms with E-state index in [1.165, 1.54) is 121 Å². The van der Waals surface area contributed by atoms with Gasteiger partial charge >= 0.3 is 0 Å². The lowest BCUT2D eigenvalue weighted by Gasteiger charge is -2.20. The first-order valence-corrected chi connectivity index (χ1v) is 17.4. The average Bonchev–Trinajstić information content (AvgIpc) is 3.84. The van der Waals surface area contributed by atoms with Gasteiger partial charge in [-0.2, -0.15) is 0 Å². The van der Waals surface area contributed by atoms with Gasteiger partial charge in [-0.3, -0.25) is 0 Å². The Morgan fingerprint density at radius 1 is 0.480 bits per heavy atom. The van der Waals surface area contributed by atoms with Gasteiger partial charge < -0.3 is 9.38 Å². The highest BCUT2D eigenvalue weighted by Gasteiger charge is 2.30. The zero-order valence-corrected chi connectivity index (χ0v) is 27.4. The second-order valence-electron chi connectivity index (χ2n) is 14.0. The van der Waals surface area contributed by atoms with E-state index in [0.29, 0.717) is 0 Å². The van der Waals surface area contributed by atoms with Gasteiger partial charge in [-0.1, -0.05) is 127 Å². The second kappa shape index (κ2) is 9.43. The highest BCUT2D eigenvalue weighted by molar-refractivity contribution is 6.75. The molecule has 4 heterocycles. The van der Waals surface area contributed by atoms with Gasteiger partial charge in [0.15, 0.2) is 7.28 Å². The van der Waals surface area contributed by atoms with E-state index in [0.717, 1.165) is 0 Å². The number of aromatic nitrogens is 2. The lowest BCUT2D eigenvalue weighted by molar-refractivity contribution is 1.37. The van der Waals surface area contributed by atoms with Crippen LogP contribution in [0.25, 0.3) is 104 Å². The summed E-state index contributed by atoms with van der Waals surface area (Å²) in [5, 5.41) is 10.4. The van der Waals surface area contributed by atoms with Crippen molar-refractivity contribution in [3.8, 4) is 33.4 Å². The van der Waals surface area contributed by atoms with Gasteiger partial charge in [0.25, 0.3) is 0 Å². The van der Waals surface area contributed by atoms with Crippen LogP contribution in [0.15, 0.2) is 146 Å². The van der Waals surface area contributed by atoms with Crippen molar-refractivity contribution in [3.05, 3.63) is 151 Å². The highest BCUT2D eigenvalue weighted by Crippen LogP contribution is 2.45. The van der Waals surface area contributed by atoms with Crippen LogP contribution in [-0.4, -0.2) is 16.7 Å². The molecule has 1 radical (unpaired) electrons. The fourth-order valence-electron chi connectivity index (χ4n) is 9.26. The number of benzene rings is 8. The molecule has 3 heteroatoms. The lowest BCUT2D eigenvalue weighted by Crippen LogP contribution is -2.34. The first kappa shape index (κ1) is 26.6. The van der Waals surface area contributed by atoms with Crippen LogP contribution in [0.2, 0.25) is 0 Å². The molecule has 0 amide bonds. The third-order valence-corrected chi connectivity index (χ3v) is 11.3. The minimum Gasteiger partial charge on any atom is -0.354 e. The Morgan fingerprint density at radius 3 is 1.96 bits per heavy atom. The van der Waals surface area contributed by atoms with Gasteiger partial charge in [0.05, 0.1) is 11.0 Å². The number of rotatable bonds is 3. The SMILES string of the molecule is Cc1cc(-c2cccc3c2[nH]c2ccc4ccccc4c23)c2c3c1c1cc(-c4ccccc4)cc4c5cc(-c6ccccc6)cc(c5n3c41)[B]2. The van der Waals surface area contributed by atoms with Crippen LogP contribution in [0, 0.1) is 6.92 Å². The largest absolute Gasteiger partial charge is 0.354 e. The summed E-state index contributed by atoms with van der Waals surface area (Å²) in [5.41, 5.74) is 17.7. The summed E-state index contributed by atoms with van der Waals surface area (Å²) in [6.07, 6.45) is 0. The highest BCUT2D eigenvalue weighted by atomic mass is 14.9. The summed E-state index contributed by atoms with van der Waals surface area (Å²) in [6.45, 7) is 2.30. The summed E-state index contributed by atoms with van der Waals surface area (Å²) in [5.74, 6) is 0. The molecule has 0 fully saturated rings. The fourth-order valence-corrected chi connectivity index (χ4v) is 9.26. The quantitative estimate of drug-likeness (QED) is 0.187. The molecule has 0 spiro atoms. The molecule has 12 rings (SSSR count). The van der Waals surface area contributed by atoms with Crippen molar-refractivity contribution in [2.24, 2.45) is 0 Å². The van der Waals surface area contributed by atoms with Gasteiger partial charge in [-0.05, 0) is 80.8 Å². The van der Waals surface area contributed by atoms with E-state index >= 15 is 0 Å². The summed E-state index contributed by atoms with van der Waals surface area (Å²) >= 11 is 0. The van der Waals surface area contributed by atoms with Crippen molar-refractivity contribution in [1.29, 1.82) is 0 Å². The van der Waals surface area contributed by atoms with Crippen LogP contribution in [-0.2, 0) is 0 Å². The van der Waals surface area contributed by atoms with E-state index in [-0.39, 0.29) is 0 Å². The maximum absolute atomic E-state index is 3.88. The van der Waals surface area contributed by atoms with Crippen molar-refractivity contribution in [3.63, 3.8) is 0 Å². The molecule has 2 nitrogen and oxygen atoms in total. The molecule has 0 atom stereocenters. The average molecular weight is 632 g/mol. The topological polar surface area (TPSA) is 20.2 Å². The molecular weight excluding hydrogens is 603 g/mol. The zero-order valence-electron chi connectivity index (χ0n) is 27.4. The van der Waals surface area contributed by atoms with E-state index in [1.54, 1.807) is 0 Å². The van der Waals surface area contributed by atoms with Gasteiger partial charge in [0.1, 0.15) is 0 Å². The molecular formula is C47H28BN2. The van der Waals surface area contributed by atoms with Crippen LogP contribution >= 0.6 is 0 Å². The van der Waals surface area contributed by atoms with Gasteiger partial charge in [-0.25, -0.2) is 0 Å². The Bertz CT molecular complexity index is 3220. The van der Waals surface area contributed by atoms with Crippen LogP contribution in [0.5, 0.6) is 0 Å². The van der Waals surface area contributed by atoms with Gasteiger partial charge in [0, 0.05) is 54.4 Å². The molecule has 0 bridgehead atoms. The number of fused-ring (bicyclic) bond motifs is 7. The number of nitrogens with one attached hydrogen (secondary N) is 1. The maximum Gasteiger partial charge on any atom is 0.197 e. The number of nitrogens with zero attached hydrogens (tertiary/aromatic N) is 1. The predicted molar refractivity (Wildman–Crippen MR) is 214 cm³/mol. The van der Waals surface area contributed by atoms with Crippen molar-refractivity contribution >= 4 is 88.9 Å². The zero-order chi connectivity index (χ0) is 32.7. The fraction of sp³-hybridized carbons (Fsp3) is 0.0213. The van der Waals surface area contributed by atoms with E-state index in [1.807, 2.05) is 0 Å². The Balaban J connectivity index is 1.23. The molecule has 1 N–H and O–H groups in total. The van der Waals surface area contributed by atoms with Crippen molar-refractivity contribution in [2.45, 2.75) is 6.92 Å². The van der Waals surface area contributed by atoms with E-state index < -0.39 is 0 Å². The molecule has 8 aromatic carbocycles. The molecule has 50 heavy (non-hydrogen) atoms. The van der Waals surface area contributed by atoms with Crippen LogP contribution in [0.1, 0.15) is 5.56 Å². The first-order valence-electron chi connectivity index (χ1n) is 17.4. The summed E-state index contributed by atoms with van der Waals surface area (Å²) in [4.78, 5) is 3.88. The Hall–Kier alpha value is -6.32. The number of hydrogen-bond acceptors (Lipinski definition) is 0. The molecule has 11 aromatic rings. The molecule has 1 aliphatic rings. The molecule has 229 valence electrons. The van der Waals surface area contributed by atoms with E-state index in [2.05, 4.69) is 169 Å². The Kier molecular flexibility index (Phi) is 5.02. The molecule has 0 unspecified atom stereocenters. The van der Waals surface area contributed by atoms with Crippen molar-refractivity contribution < 1.29 is 0 Å². The normalized spacial score (nSPS) is 12.7. The summed E-state index contributed by atoms with van der Waals surface area (Å²) in [6, 6.07) is 53.8. The van der Waals surface area contributed by atoms with Gasteiger partial charge in [0.2, 0.25) is 0 Å². The third-order valence-electron chi connectivity index (χ3n) is 11.3. The molecule has 0 saturated carbocycles. The molecule has 0 aliphatic carbocycles. The first-order chi connectivity index (χ1) is 24.7. The maximum atomic E-state index is 3.88. The third kappa shape index (κ3) is 3.34. The molecule has 1 aliphatic heterocycles.